The van der Waals surface area contributed by atoms with Crippen LogP contribution in [-0.4, -0.2) is 17.6 Å². The molecule has 2 heteroatoms. The summed E-state index contributed by atoms with van der Waals surface area (Å²) in [7, 11) is 0. The van der Waals surface area contributed by atoms with E-state index in [4.69, 9.17) is 0 Å². The number of nitrogens with zero attached hydrogens (tertiary/aromatic N) is 1. The van der Waals surface area contributed by atoms with E-state index >= 15 is 0 Å². The second kappa shape index (κ2) is 4.19. The monoisotopic (exact) mass is 174 g/mol. The predicted octanol–water partition coefficient (Wildman–Crippen LogP) is 1.85. The third kappa shape index (κ3) is 2.99. The lowest BCUT2D eigenvalue weighted by Gasteiger charge is -1.95. The van der Waals surface area contributed by atoms with Crippen LogP contribution in [0, 0.1) is 0 Å². The van der Waals surface area contributed by atoms with Gasteiger partial charge in [-0.15, -0.1) is 0 Å². The van der Waals surface area contributed by atoms with Gasteiger partial charge in [0.05, 0.1) is 0 Å². The SMILES string of the molecule is C(=Cc1cccnc1)CNC1CC1. The van der Waals surface area contributed by atoms with Crippen molar-refractivity contribution >= 4 is 6.08 Å². The zero-order valence-electron chi connectivity index (χ0n) is 7.61. The second-order valence-corrected chi connectivity index (χ2v) is 3.37. The highest BCUT2D eigenvalue weighted by atomic mass is 14.9. The van der Waals surface area contributed by atoms with Gasteiger partial charge in [0, 0.05) is 25.0 Å². The lowest BCUT2D eigenvalue weighted by atomic mass is 10.2. The van der Waals surface area contributed by atoms with Gasteiger partial charge in [0.2, 0.25) is 0 Å². The molecule has 1 aliphatic rings. The average Bonchev–Trinajstić information content (AvgIpc) is 2.98. The lowest BCUT2D eigenvalue weighted by molar-refractivity contribution is 0.754. The van der Waals surface area contributed by atoms with Gasteiger partial charge >= 0.3 is 0 Å². The second-order valence-electron chi connectivity index (χ2n) is 3.37. The van der Waals surface area contributed by atoms with Gasteiger partial charge in [-0.3, -0.25) is 4.98 Å². The van der Waals surface area contributed by atoms with Crippen LogP contribution in [0.1, 0.15) is 18.4 Å². The van der Waals surface area contributed by atoms with Gasteiger partial charge in [-0.2, -0.15) is 0 Å². The fourth-order valence-corrected chi connectivity index (χ4v) is 1.19. The van der Waals surface area contributed by atoms with Crippen LogP contribution in [0.4, 0.5) is 0 Å². The minimum absolute atomic E-state index is 0.790. The van der Waals surface area contributed by atoms with Crippen molar-refractivity contribution in [3.05, 3.63) is 36.2 Å². The standard InChI is InChI=1S/C11H14N2/c1-3-10(9-12-7-1)4-2-8-13-11-5-6-11/h1-4,7,9,11,13H,5-6,8H2. The summed E-state index contributed by atoms with van der Waals surface area (Å²) in [5, 5.41) is 3.42. The van der Waals surface area contributed by atoms with Gasteiger partial charge < -0.3 is 5.32 Å². The van der Waals surface area contributed by atoms with Gasteiger partial charge in [0.25, 0.3) is 0 Å². The van der Waals surface area contributed by atoms with E-state index in [1.807, 2.05) is 12.3 Å². The van der Waals surface area contributed by atoms with E-state index < -0.39 is 0 Å². The van der Waals surface area contributed by atoms with Crippen molar-refractivity contribution in [1.29, 1.82) is 0 Å². The highest BCUT2D eigenvalue weighted by molar-refractivity contribution is 5.47. The van der Waals surface area contributed by atoms with Gasteiger partial charge in [-0.1, -0.05) is 18.2 Å². The Labute approximate surface area is 78.7 Å². The predicted molar refractivity (Wildman–Crippen MR) is 54.3 cm³/mol. The maximum Gasteiger partial charge on any atom is 0.0340 e. The van der Waals surface area contributed by atoms with Gasteiger partial charge in [0.15, 0.2) is 0 Å². The normalized spacial score (nSPS) is 16.6. The molecular weight excluding hydrogens is 160 g/mol. The van der Waals surface area contributed by atoms with Crippen LogP contribution in [0.15, 0.2) is 30.6 Å². The van der Waals surface area contributed by atoms with E-state index in [1.165, 1.54) is 18.4 Å². The van der Waals surface area contributed by atoms with Gasteiger partial charge in [0.1, 0.15) is 0 Å². The molecule has 0 amide bonds. The Morgan fingerprint density at radius 3 is 3.15 bits per heavy atom. The van der Waals surface area contributed by atoms with E-state index in [0.29, 0.717) is 0 Å². The molecule has 1 aromatic rings. The Bertz CT molecular complexity index is 275. The molecule has 1 fully saturated rings. The molecule has 0 aliphatic heterocycles. The van der Waals surface area contributed by atoms with Crippen molar-refractivity contribution in [3.8, 4) is 0 Å². The summed E-state index contributed by atoms with van der Waals surface area (Å²) in [6.07, 6.45) is 10.6. The van der Waals surface area contributed by atoms with Gasteiger partial charge in [-0.05, 0) is 24.5 Å². The molecular formula is C11H14N2. The molecule has 1 aliphatic carbocycles. The zero-order chi connectivity index (χ0) is 8.93. The van der Waals surface area contributed by atoms with Crippen LogP contribution in [0.25, 0.3) is 6.08 Å². The molecule has 1 saturated carbocycles. The smallest absolute Gasteiger partial charge is 0.0340 e. The van der Waals surface area contributed by atoms with Crippen molar-refractivity contribution in [3.63, 3.8) is 0 Å². The molecule has 0 bridgehead atoms. The molecule has 0 unspecified atom stereocenters. The topological polar surface area (TPSA) is 24.9 Å². The first-order chi connectivity index (χ1) is 6.45. The summed E-state index contributed by atoms with van der Waals surface area (Å²) in [5.41, 5.74) is 1.17. The highest BCUT2D eigenvalue weighted by Crippen LogP contribution is 2.18. The third-order valence-corrected chi connectivity index (χ3v) is 2.10. The van der Waals surface area contributed by atoms with Crippen molar-refractivity contribution in [2.24, 2.45) is 0 Å². The van der Waals surface area contributed by atoms with E-state index in [2.05, 4.69) is 28.5 Å². The first-order valence-corrected chi connectivity index (χ1v) is 4.75. The fraction of sp³-hybridized carbons (Fsp3) is 0.364. The molecule has 2 rings (SSSR count). The van der Waals surface area contributed by atoms with E-state index in [9.17, 15) is 0 Å². The summed E-state index contributed by atoms with van der Waals surface area (Å²) in [6.45, 7) is 0.972. The number of rotatable bonds is 4. The minimum Gasteiger partial charge on any atom is -0.311 e. The largest absolute Gasteiger partial charge is 0.311 e. The molecule has 1 aromatic heterocycles. The molecule has 0 aromatic carbocycles. The van der Waals surface area contributed by atoms with Crippen LogP contribution >= 0.6 is 0 Å². The summed E-state index contributed by atoms with van der Waals surface area (Å²) in [5.74, 6) is 0. The fourth-order valence-electron chi connectivity index (χ4n) is 1.19. The first kappa shape index (κ1) is 8.45. The number of hydrogen-bond acceptors (Lipinski definition) is 2. The van der Waals surface area contributed by atoms with E-state index in [1.54, 1.807) is 6.20 Å². The molecule has 2 nitrogen and oxygen atoms in total. The van der Waals surface area contributed by atoms with Crippen LogP contribution < -0.4 is 5.32 Å². The molecule has 0 spiro atoms. The number of hydrogen-bond donors (Lipinski definition) is 1. The summed E-state index contributed by atoms with van der Waals surface area (Å²) >= 11 is 0. The van der Waals surface area contributed by atoms with Crippen LogP contribution in [0.5, 0.6) is 0 Å². The molecule has 0 saturated heterocycles. The van der Waals surface area contributed by atoms with Crippen molar-refractivity contribution in [2.75, 3.05) is 6.54 Å². The Balaban J connectivity index is 1.76. The van der Waals surface area contributed by atoms with Crippen LogP contribution in [0.3, 0.4) is 0 Å². The van der Waals surface area contributed by atoms with Crippen LogP contribution in [0.2, 0.25) is 0 Å². The van der Waals surface area contributed by atoms with Crippen molar-refractivity contribution in [2.45, 2.75) is 18.9 Å². The lowest BCUT2D eigenvalue weighted by Crippen LogP contribution is -2.15. The van der Waals surface area contributed by atoms with Gasteiger partial charge in [-0.25, -0.2) is 0 Å². The van der Waals surface area contributed by atoms with Crippen molar-refractivity contribution in [1.82, 2.24) is 10.3 Å². The Hall–Kier alpha value is -1.15. The minimum atomic E-state index is 0.790. The summed E-state index contributed by atoms with van der Waals surface area (Å²) in [6, 6.07) is 4.80. The Morgan fingerprint density at radius 1 is 1.54 bits per heavy atom. The Morgan fingerprint density at radius 2 is 2.46 bits per heavy atom. The molecule has 1 N–H and O–H groups in total. The number of nitrogens with one attached hydrogen (secondary N) is 1. The summed E-state index contributed by atoms with van der Waals surface area (Å²) < 4.78 is 0. The maximum atomic E-state index is 4.04. The number of pyridine rings is 1. The molecule has 1 heterocycles. The first-order valence-electron chi connectivity index (χ1n) is 4.75. The van der Waals surface area contributed by atoms with E-state index in [-0.39, 0.29) is 0 Å². The molecule has 0 radical (unpaired) electrons. The van der Waals surface area contributed by atoms with Crippen molar-refractivity contribution < 1.29 is 0 Å². The molecule has 68 valence electrons. The molecule has 0 atom stereocenters. The summed E-state index contributed by atoms with van der Waals surface area (Å²) in [4.78, 5) is 4.04. The number of aromatic nitrogens is 1. The van der Waals surface area contributed by atoms with E-state index in [0.717, 1.165) is 12.6 Å². The zero-order valence-corrected chi connectivity index (χ0v) is 7.61. The molecule has 13 heavy (non-hydrogen) atoms. The third-order valence-electron chi connectivity index (χ3n) is 2.10. The Kier molecular flexibility index (Phi) is 2.72. The average molecular weight is 174 g/mol. The maximum absolute atomic E-state index is 4.04. The van der Waals surface area contributed by atoms with Crippen LogP contribution in [-0.2, 0) is 0 Å². The highest BCUT2D eigenvalue weighted by Gasteiger charge is 2.18. The quantitative estimate of drug-likeness (QED) is 0.753.